The number of nitrogens with one attached hydrogen (secondary N) is 2. The van der Waals surface area contributed by atoms with Crippen molar-refractivity contribution in [3.63, 3.8) is 0 Å². The molecule has 0 heterocycles. The van der Waals surface area contributed by atoms with Gasteiger partial charge in [-0.15, -0.1) is 0 Å². The highest BCUT2D eigenvalue weighted by atomic mass is 35.5. The van der Waals surface area contributed by atoms with Crippen molar-refractivity contribution in [2.75, 3.05) is 19.0 Å². The van der Waals surface area contributed by atoms with Gasteiger partial charge < -0.3 is 15.4 Å². The van der Waals surface area contributed by atoms with E-state index in [1.54, 1.807) is 0 Å². The second kappa shape index (κ2) is 9.96. The number of thiocarbonyl (C=S) groups is 1. The molecule has 0 fully saturated rings. The molecule has 1 aromatic carbocycles. The van der Waals surface area contributed by atoms with Crippen LogP contribution in [0.25, 0.3) is 0 Å². The van der Waals surface area contributed by atoms with E-state index in [4.69, 9.17) is 23.8 Å². The van der Waals surface area contributed by atoms with Crippen molar-refractivity contribution in [2.24, 2.45) is 0 Å². The zero-order valence-electron chi connectivity index (χ0n) is 12.6. The van der Waals surface area contributed by atoms with Gasteiger partial charge in [-0.05, 0) is 31.1 Å². The Morgan fingerprint density at radius 2 is 2.13 bits per heavy atom. The summed E-state index contributed by atoms with van der Waals surface area (Å²) >= 11 is 11.1. The number of nitrogens with zero attached hydrogens (tertiary/aromatic N) is 1. The predicted molar refractivity (Wildman–Crippen MR) is 92.8 cm³/mol. The Balaban J connectivity index is 2.33. The van der Waals surface area contributed by atoms with Gasteiger partial charge in [0.2, 0.25) is 0 Å². The monoisotopic (exact) mass is 359 g/mol. The molecule has 0 bridgehead atoms. The third-order valence-electron chi connectivity index (χ3n) is 2.98. The second-order valence-electron chi connectivity index (χ2n) is 4.69. The summed E-state index contributed by atoms with van der Waals surface area (Å²) in [6, 6.07) is 4.09. The lowest BCUT2D eigenvalue weighted by atomic mass is 10.2. The minimum Gasteiger partial charge on any atom is -0.469 e. The zero-order valence-corrected chi connectivity index (χ0v) is 14.2. The zero-order chi connectivity index (χ0) is 17.2. The lowest BCUT2D eigenvalue weighted by Gasteiger charge is -2.11. The van der Waals surface area contributed by atoms with Crippen molar-refractivity contribution >= 4 is 46.3 Å². The van der Waals surface area contributed by atoms with Crippen LogP contribution in [0.1, 0.15) is 25.7 Å². The Morgan fingerprint density at radius 3 is 2.78 bits per heavy atom. The highest BCUT2D eigenvalue weighted by molar-refractivity contribution is 7.80. The first kappa shape index (κ1) is 19.1. The number of non-ortho nitro benzene ring substituents is 1. The van der Waals surface area contributed by atoms with Gasteiger partial charge in [-0.2, -0.15) is 0 Å². The van der Waals surface area contributed by atoms with Crippen LogP contribution in [0.15, 0.2) is 18.2 Å². The molecule has 1 aromatic rings. The van der Waals surface area contributed by atoms with Crippen LogP contribution < -0.4 is 10.6 Å². The molecule has 0 amide bonds. The number of methoxy groups -OCH3 is 1. The molecule has 126 valence electrons. The van der Waals surface area contributed by atoms with E-state index in [9.17, 15) is 14.9 Å². The number of nitro benzene ring substituents is 1. The normalized spacial score (nSPS) is 10.0. The standard InChI is InChI=1S/C14H18ClN3O4S/c1-22-13(19)5-3-2-4-8-16-14(23)17-12-9-10(18(20)21)6-7-11(12)15/h6-7,9H,2-5,8H2,1H3,(H2,16,17,23). The van der Waals surface area contributed by atoms with Gasteiger partial charge in [0.05, 0.1) is 22.7 Å². The largest absolute Gasteiger partial charge is 0.469 e. The number of hydrogen-bond donors (Lipinski definition) is 2. The van der Waals surface area contributed by atoms with E-state index in [2.05, 4.69) is 15.4 Å². The maximum Gasteiger partial charge on any atom is 0.305 e. The number of carbonyl (C=O) groups is 1. The fraction of sp³-hybridized carbons (Fsp3) is 0.429. The number of rotatable bonds is 8. The highest BCUT2D eigenvalue weighted by Crippen LogP contribution is 2.26. The summed E-state index contributed by atoms with van der Waals surface area (Å²) in [6.45, 7) is 0.625. The number of hydrogen-bond acceptors (Lipinski definition) is 5. The predicted octanol–water partition coefficient (Wildman–Crippen LogP) is 3.27. The Bertz CT molecular complexity index is 583. The van der Waals surface area contributed by atoms with Gasteiger partial charge >= 0.3 is 5.97 Å². The van der Waals surface area contributed by atoms with Crippen molar-refractivity contribution in [1.29, 1.82) is 0 Å². The maximum absolute atomic E-state index is 10.9. The number of nitro groups is 1. The molecule has 0 saturated carbocycles. The molecule has 0 atom stereocenters. The Morgan fingerprint density at radius 1 is 1.39 bits per heavy atom. The summed E-state index contributed by atoms with van der Waals surface area (Å²) in [6.07, 6.45) is 2.86. The molecule has 0 radical (unpaired) electrons. The van der Waals surface area contributed by atoms with Gasteiger partial charge in [-0.3, -0.25) is 14.9 Å². The number of benzene rings is 1. The fourth-order valence-electron chi connectivity index (χ4n) is 1.76. The highest BCUT2D eigenvalue weighted by Gasteiger charge is 2.10. The summed E-state index contributed by atoms with van der Waals surface area (Å²) in [4.78, 5) is 21.2. The van der Waals surface area contributed by atoms with Crippen LogP contribution in [0, 0.1) is 10.1 Å². The number of anilines is 1. The first-order chi connectivity index (χ1) is 10.9. The molecular weight excluding hydrogens is 342 g/mol. The average molecular weight is 360 g/mol. The topological polar surface area (TPSA) is 93.5 Å². The van der Waals surface area contributed by atoms with Gasteiger partial charge in [0.25, 0.3) is 5.69 Å². The SMILES string of the molecule is COC(=O)CCCCCNC(=S)Nc1cc([N+](=O)[O-])ccc1Cl. The van der Waals surface area contributed by atoms with E-state index >= 15 is 0 Å². The molecule has 23 heavy (non-hydrogen) atoms. The first-order valence-corrected chi connectivity index (χ1v) is 7.78. The Labute approximate surface area is 144 Å². The van der Waals surface area contributed by atoms with Crippen molar-refractivity contribution < 1.29 is 14.5 Å². The van der Waals surface area contributed by atoms with Crippen LogP contribution in [-0.2, 0) is 9.53 Å². The van der Waals surface area contributed by atoms with Gasteiger partial charge in [-0.1, -0.05) is 18.0 Å². The van der Waals surface area contributed by atoms with Crippen molar-refractivity contribution in [2.45, 2.75) is 25.7 Å². The van der Waals surface area contributed by atoms with Gasteiger partial charge in [-0.25, -0.2) is 0 Å². The lowest BCUT2D eigenvalue weighted by molar-refractivity contribution is -0.384. The van der Waals surface area contributed by atoms with Crippen LogP contribution in [-0.4, -0.2) is 29.7 Å². The van der Waals surface area contributed by atoms with E-state index in [1.807, 2.05) is 0 Å². The number of halogens is 1. The van der Waals surface area contributed by atoms with Gasteiger partial charge in [0.1, 0.15) is 0 Å². The second-order valence-corrected chi connectivity index (χ2v) is 5.50. The molecule has 9 heteroatoms. The minimum absolute atomic E-state index is 0.0671. The smallest absolute Gasteiger partial charge is 0.305 e. The summed E-state index contributed by atoms with van der Waals surface area (Å²) in [5.41, 5.74) is 0.312. The van der Waals surface area contributed by atoms with Crippen molar-refractivity contribution in [3.05, 3.63) is 33.3 Å². The first-order valence-electron chi connectivity index (χ1n) is 6.99. The molecule has 0 unspecified atom stereocenters. The Hall–Kier alpha value is -1.93. The fourth-order valence-corrected chi connectivity index (χ4v) is 2.14. The Kier molecular flexibility index (Phi) is 8.28. The summed E-state index contributed by atoms with van der Waals surface area (Å²) in [5.74, 6) is -0.213. The lowest BCUT2D eigenvalue weighted by Crippen LogP contribution is -2.29. The molecule has 0 saturated heterocycles. The molecule has 0 aromatic heterocycles. The van der Waals surface area contributed by atoms with Crippen LogP contribution in [0.2, 0.25) is 5.02 Å². The van der Waals surface area contributed by atoms with Gasteiger partial charge in [0.15, 0.2) is 5.11 Å². The quantitative estimate of drug-likeness (QED) is 0.242. The summed E-state index contributed by atoms with van der Waals surface area (Å²) in [5, 5.41) is 17.2. The average Bonchev–Trinajstić information content (AvgIpc) is 2.52. The number of esters is 1. The van der Waals surface area contributed by atoms with Crippen molar-refractivity contribution in [3.8, 4) is 0 Å². The maximum atomic E-state index is 10.9. The molecule has 0 aliphatic carbocycles. The van der Waals surface area contributed by atoms with Crippen LogP contribution in [0.4, 0.5) is 11.4 Å². The summed E-state index contributed by atoms with van der Waals surface area (Å²) in [7, 11) is 1.37. The molecule has 1 rings (SSSR count). The summed E-state index contributed by atoms with van der Waals surface area (Å²) < 4.78 is 4.55. The minimum atomic E-state index is -0.501. The molecule has 0 aliphatic rings. The number of ether oxygens (including phenoxy) is 1. The van der Waals surface area contributed by atoms with Crippen molar-refractivity contribution in [1.82, 2.24) is 5.32 Å². The molecular formula is C14H18ClN3O4S. The third-order valence-corrected chi connectivity index (χ3v) is 3.56. The van der Waals surface area contributed by atoms with E-state index in [0.29, 0.717) is 28.8 Å². The van der Waals surface area contributed by atoms with E-state index < -0.39 is 4.92 Å². The van der Waals surface area contributed by atoms with Gasteiger partial charge in [0, 0.05) is 25.1 Å². The van der Waals surface area contributed by atoms with Crippen LogP contribution in [0.3, 0.4) is 0 Å². The van der Waals surface area contributed by atoms with Crippen LogP contribution >= 0.6 is 23.8 Å². The van der Waals surface area contributed by atoms with E-state index in [0.717, 1.165) is 19.3 Å². The molecule has 0 aliphatic heterocycles. The number of carbonyl (C=O) groups excluding carboxylic acids is 1. The van der Waals surface area contributed by atoms with E-state index in [-0.39, 0.29) is 11.7 Å². The molecule has 0 spiro atoms. The number of unbranched alkanes of at least 4 members (excludes halogenated alkanes) is 2. The molecule has 2 N–H and O–H groups in total. The van der Waals surface area contributed by atoms with E-state index in [1.165, 1.54) is 25.3 Å². The molecule has 7 nitrogen and oxygen atoms in total. The third kappa shape index (κ3) is 7.25. The van der Waals surface area contributed by atoms with Crippen LogP contribution in [0.5, 0.6) is 0 Å².